The normalized spacial score (nSPS) is 10.4. The molecule has 0 saturated heterocycles. The monoisotopic (exact) mass is 236 g/mol. The van der Waals surface area contributed by atoms with Gasteiger partial charge in [0.05, 0.1) is 17.2 Å². The van der Waals surface area contributed by atoms with Crippen LogP contribution >= 0.6 is 0 Å². The maximum Gasteiger partial charge on any atom is 0.145 e. The molecule has 0 spiro atoms. The Labute approximate surface area is 105 Å². The minimum absolute atomic E-state index is 0.695. The van der Waals surface area contributed by atoms with Crippen molar-refractivity contribution in [2.75, 3.05) is 5.32 Å². The van der Waals surface area contributed by atoms with Gasteiger partial charge >= 0.3 is 0 Å². The Bertz CT molecular complexity index is 652. The molecule has 3 rings (SSSR count). The lowest BCUT2D eigenvalue weighted by Crippen LogP contribution is -2.02. The van der Waals surface area contributed by atoms with E-state index in [1.807, 2.05) is 42.6 Å². The van der Waals surface area contributed by atoms with Crippen LogP contribution in [0.4, 0.5) is 5.82 Å². The minimum Gasteiger partial charge on any atom is -0.365 e. The van der Waals surface area contributed by atoms with Crippen LogP contribution in [-0.4, -0.2) is 15.0 Å². The summed E-state index contributed by atoms with van der Waals surface area (Å²) in [4.78, 5) is 12.9. The molecule has 2 aromatic heterocycles. The van der Waals surface area contributed by atoms with Gasteiger partial charge in [-0.1, -0.05) is 18.2 Å². The number of pyridine rings is 1. The molecule has 0 aliphatic heterocycles. The Kier molecular flexibility index (Phi) is 2.84. The fourth-order valence-corrected chi connectivity index (χ4v) is 1.74. The van der Waals surface area contributed by atoms with Gasteiger partial charge in [-0.05, 0) is 23.8 Å². The van der Waals surface area contributed by atoms with Crippen molar-refractivity contribution >= 4 is 16.9 Å². The van der Waals surface area contributed by atoms with Crippen LogP contribution in [0.3, 0.4) is 0 Å². The Morgan fingerprint density at radius 2 is 1.83 bits per heavy atom. The zero-order valence-electron chi connectivity index (χ0n) is 9.74. The molecule has 88 valence electrons. The Balaban J connectivity index is 1.79. The molecule has 4 nitrogen and oxygen atoms in total. The molecule has 2 heterocycles. The van der Waals surface area contributed by atoms with Crippen molar-refractivity contribution in [3.8, 4) is 0 Å². The highest BCUT2D eigenvalue weighted by Crippen LogP contribution is 2.11. The number of fused-ring (bicyclic) bond motifs is 1. The number of rotatable bonds is 3. The third-order valence-corrected chi connectivity index (χ3v) is 2.64. The molecule has 0 fully saturated rings. The third kappa shape index (κ3) is 2.27. The number of hydrogen-bond donors (Lipinski definition) is 1. The number of aromatic nitrogens is 3. The van der Waals surface area contributed by atoms with Gasteiger partial charge in [-0.25, -0.2) is 4.98 Å². The zero-order chi connectivity index (χ0) is 12.2. The van der Waals surface area contributed by atoms with Crippen molar-refractivity contribution in [1.29, 1.82) is 0 Å². The quantitative estimate of drug-likeness (QED) is 0.759. The van der Waals surface area contributed by atoms with E-state index in [1.165, 1.54) is 0 Å². The maximum absolute atomic E-state index is 4.50. The van der Waals surface area contributed by atoms with Gasteiger partial charge < -0.3 is 5.32 Å². The predicted octanol–water partition coefficient (Wildman–Crippen LogP) is 2.64. The number of nitrogens with zero attached hydrogens (tertiary/aromatic N) is 3. The molecular weight excluding hydrogens is 224 g/mol. The van der Waals surface area contributed by atoms with Gasteiger partial charge in [0.2, 0.25) is 0 Å². The van der Waals surface area contributed by atoms with Gasteiger partial charge in [0.15, 0.2) is 0 Å². The number of para-hydroxylation sites is 2. The first-order valence-corrected chi connectivity index (χ1v) is 5.76. The largest absolute Gasteiger partial charge is 0.365 e. The van der Waals surface area contributed by atoms with E-state index < -0.39 is 0 Å². The van der Waals surface area contributed by atoms with Crippen LogP contribution in [0.2, 0.25) is 0 Å². The van der Waals surface area contributed by atoms with Gasteiger partial charge in [0.25, 0.3) is 0 Å². The van der Waals surface area contributed by atoms with E-state index in [2.05, 4.69) is 20.3 Å². The molecule has 0 atom stereocenters. The van der Waals surface area contributed by atoms with Crippen molar-refractivity contribution in [3.63, 3.8) is 0 Å². The second-order valence-corrected chi connectivity index (χ2v) is 3.96. The fraction of sp³-hybridized carbons (Fsp3) is 0.0714. The lowest BCUT2D eigenvalue weighted by molar-refractivity contribution is 1.08. The first kappa shape index (κ1) is 10.7. The number of anilines is 1. The first-order chi connectivity index (χ1) is 8.92. The van der Waals surface area contributed by atoms with Crippen molar-refractivity contribution in [1.82, 2.24) is 15.0 Å². The zero-order valence-corrected chi connectivity index (χ0v) is 9.74. The van der Waals surface area contributed by atoms with Crippen LogP contribution in [-0.2, 0) is 6.54 Å². The summed E-state index contributed by atoms with van der Waals surface area (Å²) in [5.41, 5.74) is 2.92. The van der Waals surface area contributed by atoms with Gasteiger partial charge in [-0.3, -0.25) is 9.97 Å². The van der Waals surface area contributed by atoms with Gasteiger partial charge in [-0.15, -0.1) is 0 Å². The summed E-state index contributed by atoms with van der Waals surface area (Å²) in [6, 6.07) is 11.8. The smallest absolute Gasteiger partial charge is 0.145 e. The first-order valence-electron chi connectivity index (χ1n) is 5.76. The van der Waals surface area contributed by atoms with Crippen molar-refractivity contribution < 1.29 is 0 Å². The van der Waals surface area contributed by atoms with Crippen molar-refractivity contribution in [3.05, 3.63) is 60.6 Å². The SMILES string of the molecule is c1cncc(CNc2cnc3ccccc3n2)c1. The van der Waals surface area contributed by atoms with E-state index in [1.54, 1.807) is 12.4 Å². The minimum atomic E-state index is 0.695. The van der Waals surface area contributed by atoms with Crippen LogP contribution in [0.5, 0.6) is 0 Å². The summed E-state index contributed by atoms with van der Waals surface area (Å²) >= 11 is 0. The highest BCUT2D eigenvalue weighted by atomic mass is 15.0. The molecule has 0 bridgehead atoms. The molecule has 0 aliphatic carbocycles. The van der Waals surface area contributed by atoms with Crippen molar-refractivity contribution in [2.24, 2.45) is 0 Å². The highest BCUT2D eigenvalue weighted by molar-refractivity contribution is 5.75. The van der Waals surface area contributed by atoms with Crippen LogP contribution in [0.25, 0.3) is 11.0 Å². The Hall–Kier alpha value is -2.49. The van der Waals surface area contributed by atoms with E-state index in [-0.39, 0.29) is 0 Å². The molecule has 0 aliphatic rings. The molecule has 4 heteroatoms. The van der Waals surface area contributed by atoms with Crippen LogP contribution in [0.1, 0.15) is 5.56 Å². The number of hydrogen-bond acceptors (Lipinski definition) is 4. The fourth-order valence-electron chi connectivity index (χ4n) is 1.74. The van der Waals surface area contributed by atoms with Crippen LogP contribution in [0.15, 0.2) is 55.0 Å². The average molecular weight is 236 g/mol. The molecular formula is C14H12N4. The average Bonchev–Trinajstić information content (AvgIpc) is 2.46. The van der Waals surface area contributed by atoms with Crippen LogP contribution < -0.4 is 5.32 Å². The number of benzene rings is 1. The summed E-state index contributed by atoms with van der Waals surface area (Å²) in [6.07, 6.45) is 5.35. The second-order valence-electron chi connectivity index (χ2n) is 3.96. The molecule has 1 aromatic carbocycles. The lowest BCUT2D eigenvalue weighted by Gasteiger charge is -2.05. The van der Waals surface area contributed by atoms with E-state index in [0.717, 1.165) is 22.4 Å². The topological polar surface area (TPSA) is 50.7 Å². The Morgan fingerprint density at radius 1 is 0.944 bits per heavy atom. The summed E-state index contributed by atoms with van der Waals surface area (Å²) in [7, 11) is 0. The molecule has 18 heavy (non-hydrogen) atoms. The summed E-state index contributed by atoms with van der Waals surface area (Å²) in [5.74, 6) is 0.776. The third-order valence-electron chi connectivity index (χ3n) is 2.64. The molecule has 3 aromatic rings. The summed E-state index contributed by atoms with van der Waals surface area (Å²) in [5, 5.41) is 3.24. The van der Waals surface area contributed by atoms with Gasteiger partial charge in [0.1, 0.15) is 5.82 Å². The van der Waals surface area contributed by atoms with Crippen molar-refractivity contribution in [2.45, 2.75) is 6.54 Å². The van der Waals surface area contributed by atoms with E-state index in [4.69, 9.17) is 0 Å². The summed E-state index contributed by atoms with van der Waals surface area (Å²) < 4.78 is 0. The maximum atomic E-state index is 4.50. The molecule has 0 unspecified atom stereocenters. The van der Waals surface area contributed by atoms with Gasteiger partial charge in [-0.2, -0.15) is 0 Å². The Morgan fingerprint density at radius 3 is 2.67 bits per heavy atom. The van der Waals surface area contributed by atoms with Crippen LogP contribution in [0, 0.1) is 0 Å². The number of nitrogens with one attached hydrogen (secondary N) is 1. The lowest BCUT2D eigenvalue weighted by atomic mass is 10.3. The van der Waals surface area contributed by atoms with E-state index in [9.17, 15) is 0 Å². The predicted molar refractivity (Wildman–Crippen MR) is 71.1 cm³/mol. The van der Waals surface area contributed by atoms with E-state index in [0.29, 0.717) is 6.54 Å². The molecule has 0 radical (unpaired) electrons. The molecule has 1 N–H and O–H groups in total. The second kappa shape index (κ2) is 4.79. The molecule has 0 saturated carbocycles. The highest BCUT2D eigenvalue weighted by Gasteiger charge is 1.98. The standard InChI is InChI=1S/C14H12N4/c1-2-6-13-12(5-1)16-10-14(18-13)17-9-11-4-3-7-15-8-11/h1-8,10H,9H2,(H,17,18). The summed E-state index contributed by atoms with van der Waals surface area (Å²) in [6.45, 7) is 0.695. The van der Waals surface area contributed by atoms with E-state index >= 15 is 0 Å². The molecule has 0 amide bonds. The van der Waals surface area contributed by atoms with Gasteiger partial charge in [0, 0.05) is 18.9 Å².